The first-order valence-electron chi connectivity index (χ1n) is 8.15. The van der Waals surface area contributed by atoms with Crippen LogP contribution in [-0.4, -0.2) is 22.0 Å². The lowest BCUT2D eigenvalue weighted by Crippen LogP contribution is -2.20. The van der Waals surface area contributed by atoms with Crippen LogP contribution >= 0.6 is 47.8 Å². The Morgan fingerprint density at radius 3 is 2.44 bits per heavy atom. The van der Waals surface area contributed by atoms with Crippen molar-refractivity contribution in [3.8, 4) is 5.75 Å². The van der Waals surface area contributed by atoms with E-state index in [1.807, 2.05) is 38.1 Å². The van der Waals surface area contributed by atoms with Gasteiger partial charge in [0.15, 0.2) is 0 Å². The van der Waals surface area contributed by atoms with Crippen LogP contribution in [0.2, 0.25) is 0 Å². The maximum atomic E-state index is 12.8. The summed E-state index contributed by atoms with van der Waals surface area (Å²) >= 11 is 10.4. The largest absolute Gasteiger partial charge is 0.489 e. The molecule has 0 fully saturated rings. The molecule has 3 rings (SSSR count). The minimum absolute atomic E-state index is 0.0568. The van der Waals surface area contributed by atoms with Crippen molar-refractivity contribution in [3.05, 3.63) is 65.5 Å². The highest BCUT2D eigenvalue weighted by Gasteiger charge is 2.11. The molecule has 0 radical (unpaired) electrons. The number of benzene rings is 2. The minimum Gasteiger partial charge on any atom is -0.489 e. The van der Waals surface area contributed by atoms with Crippen LogP contribution in [0.4, 0.5) is 0 Å². The van der Waals surface area contributed by atoms with Crippen LogP contribution in [0.3, 0.4) is 0 Å². The summed E-state index contributed by atoms with van der Waals surface area (Å²) < 4.78 is 9.51. The molecule has 0 aliphatic rings. The number of aromatic nitrogens is 2. The molecule has 0 N–H and O–H groups in total. The number of ether oxygens (including phenoxy) is 1. The van der Waals surface area contributed by atoms with Gasteiger partial charge in [-0.05, 0) is 88.5 Å². The summed E-state index contributed by atoms with van der Waals surface area (Å²) in [4.78, 5) is 17.2. The van der Waals surface area contributed by atoms with E-state index in [4.69, 9.17) is 4.74 Å². The van der Waals surface area contributed by atoms with Crippen LogP contribution in [0.5, 0.6) is 5.75 Å². The lowest BCUT2D eigenvalue weighted by molar-refractivity contribution is 0.239. The van der Waals surface area contributed by atoms with Crippen molar-refractivity contribution in [2.75, 3.05) is 0 Å². The lowest BCUT2D eigenvalue weighted by Gasteiger charge is -2.14. The van der Waals surface area contributed by atoms with Crippen LogP contribution in [0, 0.1) is 6.92 Å². The quantitative estimate of drug-likeness (QED) is 0.389. The second-order valence-electron chi connectivity index (χ2n) is 6.16. The summed E-state index contributed by atoms with van der Waals surface area (Å²) in [6, 6.07) is 9.19. The van der Waals surface area contributed by atoms with Crippen LogP contribution < -0.4 is 10.3 Å². The molecule has 140 valence electrons. The molecule has 3 aromatic rings. The normalized spacial score (nSPS) is 11.7. The van der Waals surface area contributed by atoms with Crippen molar-refractivity contribution >= 4 is 64.9 Å². The van der Waals surface area contributed by atoms with Crippen LogP contribution in [0.25, 0.3) is 10.9 Å². The lowest BCUT2D eigenvalue weighted by atomic mass is 10.2. The standard InChI is InChI=1S/C19H16Br3N3O2/c1-10(2)27-18-15(21)6-12(7-16(18)22)9-23-25-11(3)24-17-5-4-13(20)8-14(17)19(25)26/h4-10H,1-3H3. The molecule has 0 unspecified atom stereocenters. The Kier molecular flexibility index (Phi) is 6.18. The topological polar surface area (TPSA) is 56.5 Å². The maximum absolute atomic E-state index is 12.8. The number of hydrogen-bond acceptors (Lipinski definition) is 4. The Hall–Kier alpha value is -1.51. The molecule has 1 aromatic heterocycles. The zero-order valence-corrected chi connectivity index (χ0v) is 19.6. The Labute approximate surface area is 181 Å². The molecule has 2 aromatic carbocycles. The van der Waals surface area contributed by atoms with E-state index in [0.29, 0.717) is 16.7 Å². The average Bonchev–Trinajstić information content (AvgIpc) is 2.58. The zero-order valence-electron chi connectivity index (χ0n) is 14.8. The van der Waals surface area contributed by atoms with Crippen molar-refractivity contribution in [2.24, 2.45) is 5.10 Å². The first-order chi connectivity index (χ1) is 12.8. The molecular formula is C19H16Br3N3O2. The van der Waals surface area contributed by atoms with Crippen LogP contribution in [0.15, 0.2) is 53.6 Å². The highest BCUT2D eigenvalue weighted by molar-refractivity contribution is 9.11. The van der Waals surface area contributed by atoms with E-state index in [1.165, 1.54) is 4.68 Å². The molecule has 0 aliphatic carbocycles. The van der Waals surface area contributed by atoms with Crippen LogP contribution in [0.1, 0.15) is 25.2 Å². The number of hydrogen-bond donors (Lipinski definition) is 0. The third-order valence-corrected chi connectivity index (χ3v) is 5.34. The summed E-state index contributed by atoms with van der Waals surface area (Å²) in [5, 5.41) is 4.86. The van der Waals surface area contributed by atoms with E-state index in [9.17, 15) is 4.79 Å². The van der Waals surface area contributed by atoms with Crippen LogP contribution in [-0.2, 0) is 0 Å². The molecule has 0 amide bonds. The third kappa shape index (κ3) is 4.50. The molecule has 0 atom stereocenters. The average molecular weight is 558 g/mol. The molecular weight excluding hydrogens is 542 g/mol. The highest BCUT2D eigenvalue weighted by Crippen LogP contribution is 2.35. The van der Waals surface area contributed by atoms with Crippen molar-refractivity contribution in [3.63, 3.8) is 0 Å². The number of nitrogens with zero attached hydrogens (tertiary/aromatic N) is 3. The van der Waals surface area contributed by atoms with Gasteiger partial charge in [0.25, 0.3) is 5.56 Å². The van der Waals surface area contributed by atoms with Gasteiger partial charge in [0.05, 0.1) is 32.2 Å². The fourth-order valence-electron chi connectivity index (χ4n) is 2.52. The van der Waals surface area contributed by atoms with Gasteiger partial charge in [-0.3, -0.25) is 4.79 Å². The Balaban J connectivity index is 2.03. The summed E-state index contributed by atoms with van der Waals surface area (Å²) in [5.74, 6) is 1.25. The number of rotatable bonds is 4. The molecule has 0 bridgehead atoms. The van der Waals surface area contributed by atoms with E-state index < -0.39 is 0 Å². The van der Waals surface area contributed by atoms with E-state index in [1.54, 1.807) is 19.2 Å². The Morgan fingerprint density at radius 1 is 1.15 bits per heavy atom. The van der Waals surface area contributed by atoms with Crippen molar-refractivity contribution in [1.82, 2.24) is 9.66 Å². The summed E-state index contributed by atoms with van der Waals surface area (Å²) in [6.07, 6.45) is 1.68. The fourth-order valence-corrected chi connectivity index (χ4v) is 4.29. The van der Waals surface area contributed by atoms with E-state index in [0.717, 1.165) is 24.7 Å². The van der Waals surface area contributed by atoms with Crippen molar-refractivity contribution < 1.29 is 4.74 Å². The maximum Gasteiger partial charge on any atom is 0.282 e. The van der Waals surface area contributed by atoms with Gasteiger partial charge in [-0.1, -0.05) is 15.9 Å². The van der Waals surface area contributed by atoms with Gasteiger partial charge in [0.1, 0.15) is 11.6 Å². The molecule has 0 saturated heterocycles. The first-order valence-corrected chi connectivity index (χ1v) is 10.5. The van der Waals surface area contributed by atoms with E-state index in [-0.39, 0.29) is 11.7 Å². The molecule has 5 nitrogen and oxygen atoms in total. The first kappa shape index (κ1) is 20.2. The molecule has 0 aliphatic heterocycles. The van der Waals surface area contributed by atoms with Gasteiger partial charge in [-0.2, -0.15) is 9.78 Å². The van der Waals surface area contributed by atoms with Gasteiger partial charge >= 0.3 is 0 Å². The summed E-state index contributed by atoms with van der Waals surface area (Å²) in [7, 11) is 0. The van der Waals surface area contributed by atoms with Gasteiger partial charge in [0, 0.05) is 4.47 Å². The highest BCUT2D eigenvalue weighted by atomic mass is 79.9. The minimum atomic E-state index is -0.215. The SMILES string of the molecule is Cc1nc2ccc(Br)cc2c(=O)n1N=Cc1cc(Br)c(OC(C)C)c(Br)c1. The predicted molar refractivity (Wildman–Crippen MR) is 119 cm³/mol. The third-order valence-electron chi connectivity index (χ3n) is 3.67. The molecule has 8 heteroatoms. The fraction of sp³-hybridized carbons (Fsp3) is 0.211. The molecule has 0 spiro atoms. The molecule has 0 saturated carbocycles. The van der Waals surface area contributed by atoms with E-state index >= 15 is 0 Å². The molecule has 1 heterocycles. The predicted octanol–water partition coefficient (Wildman–Crippen LogP) is 5.66. The molecule has 27 heavy (non-hydrogen) atoms. The van der Waals surface area contributed by atoms with Gasteiger partial charge in [0.2, 0.25) is 0 Å². The monoisotopic (exact) mass is 555 g/mol. The van der Waals surface area contributed by atoms with Crippen molar-refractivity contribution in [2.45, 2.75) is 26.9 Å². The van der Waals surface area contributed by atoms with Gasteiger partial charge in [-0.25, -0.2) is 4.98 Å². The second kappa shape index (κ2) is 8.24. The second-order valence-corrected chi connectivity index (χ2v) is 8.79. The summed E-state index contributed by atoms with van der Waals surface area (Å²) in [5.41, 5.74) is 1.24. The van der Waals surface area contributed by atoms with Gasteiger partial charge < -0.3 is 4.74 Å². The number of aryl methyl sites for hydroxylation is 1. The smallest absolute Gasteiger partial charge is 0.282 e. The van der Waals surface area contributed by atoms with E-state index in [2.05, 4.69) is 57.9 Å². The van der Waals surface area contributed by atoms with Gasteiger partial charge in [-0.15, -0.1) is 0 Å². The number of fused-ring (bicyclic) bond motifs is 1. The Morgan fingerprint density at radius 2 is 1.81 bits per heavy atom. The zero-order chi connectivity index (χ0) is 19.7. The Bertz CT molecular complexity index is 1080. The number of halogens is 3. The summed E-state index contributed by atoms with van der Waals surface area (Å²) in [6.45, 7) is 5.69. The van der Waals surface area contributed by atoms with Crippen molar-refractivity contribution in [1.29, 1.82) is 0 Å².